The highest BCUT2D eigenvalue weighted by molar-refractivity contribution is 6.18. The second kappa shape index (κ2) is 7.76. The van der Waals surface area contributed by atoms with E-state index in [1.807, 2.05) is 0 Å². The Balaban J connectivity index is 2.55. The minimum atomic E-state index is 0.624. The molecule has 0 radical (unpaired) electrons. The number of hydrogen-bond acceptors (Lipinski definition) is 0. The Bertz CT molecular complexity index is 319. The maximum atomic E-state index is 6.11. The third kappa shape index (κ3) is 5.12. The van der Waals surface area contributed by atoms with E-state index in [-0.39, 0.29) is 0 Å². The lowest BCUT2D eigenvalue weighted by Gasteiger charge is -2.19. The van der Waals surface area contributed by atoms with E-state index in [0.29, 0.717) is 5.92 Å². The molecule has 1 aromatic carbocycles. The first-order chi connectivity index (χ1) is 8.17. The van der Waals surface area contributed by atoms with Gasteiger partial charge in [0.2, 0.25) is 0 Å². The van der Waals surface area contributed by atoms with Crippen LogP contribution in [-0.2, 0) is 6.42 Å². The van der Waals surface area contributed by atoms with Gasteiger partial charge in [-0.2, -0.15) is 0 Å². The van der Waals surface area contributed by atoms with Gasteiger partial charge < -0.3 is 0 Å². The number of benzene rings is 1. The van der Waals surface area contributed by atoms with Crippen LogP contribution in [0.25, 0.3) is 0 Å². The average molecular weight is 253 g/mol. The molecule has 0 aliphatic carbocycles. The van der Waals surface area contributed by atoms with Gasteiger partial charge in [-0.3, -0.25) is 0 Å². The van der Waals surface area contributed by atoms with E-state index in [9.17, 15) is 0 Å². The van der Waals surface area contributed by atoms with Crippen molar-refractivity contribution in [2.75, 3.05) is 5.88 Å². The lowest BCUT2D eigenvalue weighted by molar-refractivity contribution is 0.393. The number of aryl methyl sites for hydroxylation is 1. The lowest BCUT2D eigenvalue weighted by Crippen LogP contribution is -2.12. The quantitative estimate of drug-likeness (QED) is 0.584. The highest BCUT2D eigenvalue weighted by Gasteiger charge is 2.13. The molecule has 0 bridgehead atoms. The van der Waals surface area contributed by atoms with Gasteiger partial charge in [-0.15, -0.1) is 11.6 Å². The maximum absolute atomic E-state index is 6.11. The zero-order chi connectivity index (χ0) is 12.7. The van der Waals surface area contributed by atoms with Crippen LogP contribution in [0, 0.1) is 18.8 Å². The fraction of sp³-hybridized carbons (Fsp3) is 0.625. The molecule has 1 aromatic rings. The van der Waals surface area contributed by atoms with Gasteiger partial charge in [-0.1, -0.05) is 51.0 Å². The predicted molar refractivity (Wildman–Crippen MR) is 77.8 cm³/mol. The Morgan fingerprint density at radius 2 is 1.94 bits per heavy atom. The Hall–Kier alpha value is -0.490. The van der Waals surface area contributed by atoms with Crippen molar-refractivity contribution < 1.29 is 0 Å². The van der Waals surface area contributed by atoms with Crippen molar-refractivity contribution in [3.05, 3.63) is 35.4 Å². The largest absolute Gasteiger partial charge is 0.126 e. The van der Waals surface area contributed by atoms with E-state index < -0.39 is 0 Å². The summed E-state index contributed by atoms with van der Waals surface area (Å²) in [6.07, 6.45) is 4.98. The monoisotopic (exact) mass is 252 g/mol. The van der Waals surface area contributed by atoms with Crippen LogP contribution in [0.5, 0.6) is 0 Å². The van der Waals surface area contributed by atoms with Crippen LogP contribution in [0.1, 0.15) is 44.2 Å². The molecule has 0 spiro atoms. The molecule has 2 unspecified atom stereocenters. The molecule has 0 amide bonds. The Labute approximate surface area is 111 Å². The van der Waals surface area contributed by atoms with Crippen molar-refractivity contribution in [2.45, 2.75) is 46.5 Å². The van der Waals surface area contributed by atoms with Gasteiger partial charge in [0.25, 0.3) is 0 Å². The van der Waals surface area contributed by atoms with Crippen molar-refractivity contribution in [1.82, 2.24) is 0 Å². The fourth-order valence-corrected chi connectivity index (χ4v) is 2.77. The van der Waals surface area contributed by atoms with Crippen molar-refractivity contribution in [1.29, 1.82) is 0 Å². The molecule has 0 saturated heterocycles. The minimum Gasteiger partial charge on any atom is -0.126 e. The van der Waals surface area contributed by atoms with Gasteiger partial charge in [0, 0.05) is 5.88 Å². The van der Waals surface area contributed by atoms with E-state index in [1.54, 1.807) is 0 Å². The van der Waals surface area contributed by atoms with E-state index in [2.05, 4.69) is 45.0 Å². The zero-order valence-electron chi connectivity index (χ0n) is 11.4. The summed E-state index contributed by atoms with van der Waals surface area (Å²) in [6.45, 7) is 6.80. The molecule has 17 heavy (non-hydrogen) atoms. The molecule has 0 N–H and O–H groups in total. The Kier molecular flexibility index (Phi) is 6.65. The minimum absolute atomic E-state index is 0.624. The molecule has 2 atom stereocenters. The van der Waals surface area contributed by atoms with Crippen molar-refractivity contribution in [3.63, 3.8) is 0 Å². The fourth-order valence-electron chi connectivity index (χ4n) is 2.53. The van der Waals surface area contributed by atoms with Crippen LogP contribution in [0.15, 0.2) is 24.3 Å². The summed E-state index contributed by atoms with van der Waals surface area (Å²) >= 11 is 6.11. The van der Waals surface area contributed by atoms with Crippen molar-refractivity contribution in [2.24, 2.45) is 11.8 Å². The number of rotatable bonds is 7. The molecule has 0 saturated carbocycles. The van der Waals surface area contributed by atoms with Gasteiger partial charge in [0.1, 0.15) is 0 Å². The van der Waals surface area contributed by atoms with Gasteiger partial charge in [-0.25, -0.2) is 0 Å². The Morgan fingerprint density at radius 3 is 2.53 bits per heavy atom. The molecule has 0 aromatic heterocycles. The molecule has 96 valence electrons. The molecule has 0 fully saturated rings. The topological polar surface area (TPSA) is 0 Å². The lowest BCUT2D eigenvalue weighted by atomic mass is 9.88. The number of alkyl halides is 1. The molecular formula is C16H25Cl. The first kappa shape index (κ1) is 14.6. The summed E-state index contributed by atoms with van der Waals surface area (Å²) in [5.41, 5.74) is 2.85. The van der Waals surface area contributed by atoms with Gasteiger partial charge in [0.05, 0.1) is 0 Å². The summed E-state index contributed by atoms with van der Waals surface area (Å²) in [5, 5.41) is 0. The summed E-state index contributed by atoms with van der Waals surface area (Å²) in [4.78, 5) is 0. The number of halogens is 1. The third-order valence-electron chi connectivity index (χ3n) is 3.51. The summed E-state index contributed by atoms with van der Waals surface area (Å²) in [6, 6.07) is 8.66. The van der Waals surface area contributed by atoms with Gasteiger partial charge in [-0.05, 0) is 42.7 Å². The summed E-state index contributed by atoms with van der Waals surface area (Å²) in [7, 11) is 0. The average Bonchev–Trinajstić information content (AvgIpc) is 2.31. The van der Waals surface area contributed by atoms with Crippen molar-refractivity contribution >= 4 is 11.6 Å². The second-order valence-electron chi connectivity index (χ2n) is 5.28. The van der Waals surface area contributed by atoms with Crippen LogP contribution < -0.4 is 0 Å². The molecule has 0 nitrogen and oxygen atoms in total. The second-order valence-corrected chi connectivity index (χ2v) is 5.59. The molecular weight excluding hydrogens is 228 g/mol. The van der Waals surface area contributed by atoms with Crippen LogP contribution in [0.2, 0.25) is 0 Å². The first-order valence-corrected chi connectivity index (χ1v) is 7.31. The highest BCUT2D eigenvalue weighted by Crippen LogP contribution is 2.23. The summed E-state index contributed by atoms with van der Waals surface area (Å²) in [5.74, 6) is 2.20. The summed E-state index contributed by atoms with van der Waals surface area (Å²) < 4.78 is 0. The van der Waals surface area contributed by atoms with Crippen molar-refractivity contribution in [3.8, 4) is 0 Å². The SMILES string of the molecule is CCCC(C)CC(CCl)Cc1ccccc1C. The Morgan fingerprint density at radius 1 is 1.24 bits per heavy atom. The predicted octanol–water partition coefficient (Wildman–Crippen LogP) is 5.22. The first-order valence-electron chi connectivity index (χ1n) is 6.77. The molecule has 0 heterocycles. The van der Waals surface area contributed by atoms with Gasteiger partial charge in [0.15, 0.2) is 0 Å². The van der Waals surface area contributed by atoms with E-state index in [1.165, 1.54) is 30.4 Å². The zero-order valence-corrected chi connectivity index (χ0v) is 12.1. The van der Waals surface area contributed by atoms with Crippen LogP contribution in [0.4, 0.5) is 0 Å². The van der Waals surface area contributed by atoms with Crippen LogP contribution in [0.3, 0.4) is 0 Å². The van der Waals surface area contributed by atoms with Gasteiger partial charge >= 0.3 is 0 Å². The molecule has 1 heteroatoms. The van der Waals surface area contributed by atoms with Crippen LogP contribution >= 0.6 is 11.6 Å². The molecule has 1 rings (SSSR count). The normalized spacial score (nSPS) is 14.6. The van der Waals surface area contributed by atoms with E-state index in [4.69, 9.17) is 11.6 Å². The standard InChI is InChI=1S/C16H25Cl/c1-4-7-13(2)10-15(12-17)11-16-9-6-5-8-14(16)3/h5-6,8-9,13,15H,4,7,10-12H2,1-3H3. The highest BCUT2D eigenvalue weighted by atomic mass is 35.5. The molecule has 0 aliphatic heterocycles. The van der Waals surface area contributed by atoms with Crippen LogP contribution in [-0.4, -0.2) is 5.88 Å². The molecule has 0 aliphatic rings. The van der Waals surface area contributed by atoms with E-state index in [0.717, 1.165) is 18.2 Å². The maximum Gasteiger partial charge on any atom is 0.0255 e. The third-order valence-corrected chi connectivity index (χ3v) is 3.94. The van der Waals surface area contributed by atoms with E-state index >= 15 is 0 Å². The smallest absolute Gasteiger partial charge is 0.0255 e. The number of hydrogen-bond donors (Lipinski definition) is 0.